The molecule has 8 aromatic rings. The van der Waals surface area contributed by atoms with Crippen LogP contribution in [0.2, 0.25) is 0 Å². The molecule has 10 rings (SSSR count). The topological polar surface area (TPSA) is 47.9 Å². The number of nitrogens with one attached hydrogen (secondary N) is 2. The maximum atomic E-state index is 9.46. The van der Waals surface area contributed by atoms with Crippen molar-refractivity contribution in [2.45, 2.75) is 24.3 Å². The minimum atomic E-state index is -0.414. The first-order valence-corrected chi connectivity index (χ1v) is 22.5. The molecular weight excluding hydrogens is 799 g/mol. The van der Waals surface area contributed by atoms with Crippen LogP contribution >= 0.6 is 0 Å². The highest BCUT2D eigenvalue weighted by Gasteiger charge is 2.46. The number of nitrogens with zero attached hydrogens (tertiary/aromatic N) is 1. The average molecular weight is 848 g/mol. The largest absolute Gasteiger partial charge is 0.376 e. The summed E-state index contributed by atoms with van der Waals surface area (Å²) in [4.78, 5) is 0. The Morgan fingerprint density at radius 3 is 1.97 bits per heavy atom. The molecule has 0 bridgehead atoms. The zero-order valence-electron chi connectivity index (χ0n) is 37.0. The van der Waals surface area contributed by atoms with Crippen molar-refractivity contribution in [3.05, 3.63) is 294 Å². The molecule has 2 N–H and O–H groups in total. The van der Waals surface area contributed by atoms with Gasteiger partial charge in [0, 0.05) is 23.1 Å². The normalized spacial score (nSPS) is 15.9. The van der Waals surface area contributed by atoms with Crippen molar-refractivity contribution < 1.29 is 0 Å². The molecule has 66 heavy (non-hydrogen) atoms. The second-order valence-electron chi connectivity index (χ2n) is 17.3. The van der Waals surface area contributed by atoms with E-state index in [2.05, 4.69) is 224 Å². The monoisotopic (exact) mass is 847 g/mol. The van der Waals surface area contributed by atoms with Gasteiger partial charge in [0.25, 0.3) is 0 Å². The maximum absolute atomic E-state index is 9.46. The SMILES string of the molecule is C=C(/C=C(\C=C/Nc1cccc(C#N)c1)c1ccc(NC2(C)C=CC(c3ccc4c(c3)-c3ccccc3C4(c3ccccc3)c3ccccc3)=CC2)c(-c2ccccc2)c1)c1ccccc1. The Morgan fingerprint density at radius 2 is 1.27 bits per heavy atom. The number of anilines is 2. The molecular formula is C63H49N3. The molecule has 0 aromatic heterocycles. The summed E-state index contributed by atoms with van der Waals surface area (Å²) in [5.74, 6) is 0. The molecule has 0 saturated carbocycles. The maximum Gasteiger partial charge on any atom is 0.0992 e. The van der Waals surface area contributed by atoms with Crippen LogP contribution in [0.3, 0.4) is 0 Å². The van der Waals surface area contributed by atoms with Gasteiger partial charge in [-0.2, -0.15) is 5.26 Å². The molecule has 0 aliphatic heterocycles. The lowest BCUT2D eigenvalue weighted by Crippen LogP contribution is -2.33. The van der Waals surface area contributed by atoms with E-state index in [0.29, 0.717) is 5.56 Å². The highest BCUT2D eigenvalue weighted by atomic mass is 15.0. The third-order valence-electron chi connectivity index (χ3n) is 13.0. The smallest absolute Gasteiger partial charge is 0.0992 e. The number of hydrogen-bond donors (Lipinski definition) is 2. The molecule has 0 amide bonds. The minimum absolute atomic E-state index is 0.338. The van der Waals surface area contributed by atoms with Gasteiger partial charge in [-0.15, -0.1) is 0 Å². The Balaban J connectivity index is 0.968. The van der Waals surface area contributed by atoms with Gasteiger partial charge >= 0.3 is 0 Å². The van der Waals surface area contributed by atoms with E-state index in [0.717, 1.165) is 51.2 Å². The van der Waals surface area contributed by atoms with E-state index in [9.17, 15) is 5.26 Å². The van der Waals surface area contributed by atoms with E-state index in [-0.39, 0.29) is 5.54 Å². The van der Waals surface area contributed by atoms with E-state index in [4.69, 9.17) is 0 Å². The summed E-state index contributed by atoms with van der Waals surface area (Å²) in [6, 6.07) is 75.2. The molecule has 0 saturated heterocycles. The first-order valence-electron chi connectivity index (χ1n) is 22.5. The average Bonchev–Trinajstić information content (AvgIpc) is 3.68. The summed E-state index contributed by atoms with van der Waals surface area (Å²) in [7, 11) is 0. The fraction of sp³-hybridized carbons (Fsp3) is 0.0635. The standard InChI is InChI=1S/C63H49N3/c1-45(47-19-7-3-8-20-47)40-52(36-39-65-55-27-17-18-46(41-55)44-64)51-31-33-61(57(42-51)49-21-9-4-10-22-49)66-62(2)37-34-48(35-38-62)50-30-32-60-58(43-50)56-28-15-16-29-59(56)63(60,53-23-11-5-12-24-53)54-25-13-6-14-26-54/h3-37,39-43,65-66H,1,38H2,2H3/b39-36-,52-40+. The Morgan fingerprint density at radius 1 is 0.606 bits per heavy atom. The van der Waals surface area contributed by atoms with E-state index < -0.39 is 5.41 Å². The minimum Gasteiger partial charge on any atom is -0.376 e. The molecule has 0 radical (unpaired) electrons. The first-order chi connectivity index (χ1) is 32.4. The summed E-state index contributed by atoms with van der Waals surface area (Å²) >= 11 is 0. The van der Waals surface area contributed by atoms with Crippen LogP contribution in [0.1, 0.15) is 57.9 Å². The van der Waals surface area contributed by atoms with E-state index >= 15 is 0 Å². The summed E-state index contributed by atoms with van der Waals surface area (Å²) in [6.07, 6.45) is 13.9. The summed E-state index contributed by atoms with van der Waals surface area (Å²) in [6.45, 7) is 6.73. The van der Waals surface area contributed by atoms with E-state index in [1.165, 1.54) is 44.5 Å². The third-order valence-corrected chi connectivity index (χ3v) is 13.0. The van der Waals surface area contributed by atoms with Crippen molar-refractivity contribution in [3.8, 4) is 28.3 Å². The predicted molar refractivity (Wildman–Crippen MR) is 277 cm³/mol. The number of benzene rings is 8. The highest BCUT2D eigenvalue weighted by Crippen LogP contribution is 2.56. The van der Waals surface area contributed by atoms with Crippen LogP contribution in [0.15, 0.2) is 249 Å². The number of nitriles is 1. The van der Waals surface area contributed by atoms with Crippen LogP contribution in [0.25, 0.3) is 39.0 Å². The van der Waals surface area contributed by atoms with Crippen LogP contribution in [0.5, 0.6) is 0 Å². The number of rotatable bonds is 12. The van der Waals surface area contributed by atoms with Gasteiger partial charge in [0.1, 0.15) is 0 Å². The quantitative estimate of drug-likeness (QED) is 0.120. The van der Waals surface area contributed by atoms with Gasteiger partial charge in [-0.1, -0.05) is 195 Å². The molecule has 0 spiro atoms. The first kappa shape index (κ1) is 41.6. The third kappa shape index (κ3) is 8.02. The molecule has 3 heteroatoms. The fourth-order valence-corrected chi connectivity index (χ4v) is 9.72. The van der Waals surface area contributed by atoms with Gasteiger partial charge in [0.2, 0.25) is 0 Å². The fourth-order valence-electron chi connectivity index (χ4n) is 9.72. The van der Waals surface area contributed by atoms with Crippen LogP contribution in [-0.4, -0.2) is 5.54 Å². The zero-order valence-corrected chi connectivity index (χ0v) is 37.0. The van der Waals surface area contributed by atoms with Gasteiger partial charge in [-0.3, -0.25) is 0 Å². The molecule has 2 aliphatic carbocycles. The molecule has 1 unspecified atom stereocenters. The number of allylic oxidation sites excluding steroid dienone is 6. The van der Waals surface area contributed by atoms with E-state index in [1.807, 2.05) is 42.6 Å². The van der Waals surface area contributed by atoms with Crippen molar-refractivity contribution in [2.75, 3.05) is 10.6 Å². The molecule has 8 aromatic carbocycles. The second-order valence-corrected chi connectivity index (χ2v) is 17.3. The summed E-state index contributed by atoms with van der Waals surface area (Å²) in [5, 5.41) is 16.8. The molecule has 2 aliphatic rings. The van der Waals surface area contributed by atoms with Crippen molar-refractivity contribution in [1.82, 2.24) is 0 Å². The van der Waals surface area contributed by atoms with Crippen molar-refractivity contribution in [2.24, 2.45) is 0 Å². The van der Waals surface area contributed by atoms with Crippen LogP contribution in [0, 0.1) is 11.3 Å². The van der Waals surface area contributed by atoms with Crippen molar-refractivity contribution in [1.29, 1.82) is 5.26 Å². The second kappa shape index (κ2) is 18.0. The number of fused-ring (bicyclic) bond motifs is 3. The van der Waals surface area contributed by atoms with Gasteiger partial charge < -0.3 is 10.6 Å². The van der Waals surface area contributed by atoms with Crippen LogP contribution in [0.4, 0.5) is 11.4 Å². The van der Waals surface area contributed by atoms with Crippen LogP contribution in [-0.2, 0) is 5.41 Å². The molecule has 0 heterocycles. The lowest BCUT2D eigenvalue weighted by molar-refractivity contribution is 0.643. The molecule has 1 atom stereocenters. The van der Waals surface area contributed by atoms with Gasteiger partial charge in [0.05, 0.1) is 22.6 Å². The molecule has 316 valence electrons. The lowest BCUT2D eigenvalue weighted by Gasteiger charge is -2.34. The van der Waals surface area contributed by atoms with Gasteiger partial charge in [-0.25, -0.2) is 0 Å². The summed E-state index contributed by atoms with van der Waals surface area (Å²) in [5.41, 5.74) is 18.2. The molecule has 0 fully saturated rings. The Kier molecular flexibility index (Phi) is 11.3. The van der Waals surface area contributed by atoms with Crippen LogP contribution < -0.4 is 10.6 Å². The Hall–Kier alpha value is -8.45. The number of hydrogen-bond acceptors (Lipinski definition) is 3. The Bertz CT molecular complexity index is 3200. The van der Waals surface area contributed by atoms with Gasteiger partial charge in [-0.05, 0) is 134 Å². The summed E-state index contributed by atoms with van der Waals surface area (Å²) < 4.78 is 0. The lowest BCUT2D eigenvalue weighted by atomic mass is 9.67. The zero-order chi connectivity index (χ0) is 44.9. The highest BCUT2D eigenvalue weighted by molar-refractivity contribution is 5.92. The van der Waals surface area contributed by atoms with E-state index in [1.54, 1.807) is 6.07 Å². The Labute approximate surface area is 388 Å². The molecule has 3 nitrogen and oxygen atoms in total. The predicted octanol–water partition coefficient (Wildman–Crippen LogP) is 15.5. The van der Waals surface area contributed by atoms with Gasteiger partial charge in [0.15, 0.2) is 0 Å². The van der Waals surface area contributed by atoms with Crippen molar-refractivity contribution >= 4 is 28.1 Å². The van der Waals surface area contributed by atoms with Crippen molar-refractivity contribution in [3.63, 3.8) is 0 Å².